The van der Waals surface area contributed by atoms with Crippen molar-refractivity contribution in [3.8, 4) is 5.75 Å². The Morgan fingerprint density at radius 1 is 0.846 bits per heavy atom. The fourth-order valence-corrected chi connectivity index (χ4v) is 3.56. The quantitative estimate of drug-likeness (QED) is 0.117. The summed E-state index contributed by atoms with van der Waals surface area (Å²) in [6.07, 6.45) is -0.934. The number of hydrogen-bond acceptors (Lipinski definition) is 8. The van der Waals surface area contributed by atoms with Gasteiger partial charge in [0, 0.05) is 12.8 Å². The summed E-state index contributed by atoms with van der Waals surface area (Å²) in [6, 6.07) is 0.762. The molecule has 14 heteroatoms. The highest BCUT2D eigenvalue weighted by atomic mass is 16.4. The van der Waals surface area contributed by atoms with Gasteiger partial charge >= 0.3 is 11.9 Å². The van der Waals surface area contributed by atoms with Gasteiger partial charge in [-0.2, -0.15) is 0 Å². The van der Waals surface area contributed by atoms with Gasteiger partial charge in [0.15, 0.2) is 0 Å². The summed E-state index contributed by atoms with van der Waals surface area (Å²) in [5.74, 6) is -6.31. The van der Waals surface area contributed by atoms with Crippen LogP contribution in [0.3, 0.4) is 0 Å². The number of aromatic hydroxyl groups is 1. The summed E-state index contributed by atoms with van der Waals surface area (Å²) in [6.45, 7) is 3.34. The summed E-state index contributed by atoms with van der Waals surface area (Å²) in [5, 5.41) is 35.0. The normalized spacial score (nSPS) is 14.6. The number of carboxylic acid groups (broad SMARTS) is 2. The van der Waals surface area contributed by atoms with E-state index >= 15 is 0 Å². The Morgan fingerprint density at radius 2 is 1.36 bits per heavy atom. The minimum atomic E-state index is -1.45. The molecule has 1 aromatic rings. The number of primary amides is 1. The highest BCUT2D eigenvalue weighted by Crippen LogP contribution is 2.12. The predicted octanol–water partition coefficient (Wildman–Crippen LogP) is -1.02. The summed E-state index contributed by atoms with van der Waals surface area (Å²) in [5.41, 5.74) is 11.8. The first-order chi connectivity index (χ1) is 18.2. The van der Waals surface area contributed by atoms with Crippen molar-refractivity contribution < 1.29 is 44.1 Å². The fourth-order valence-electron chi connectivity index (χ4n) is 3.56. The van der Waals surface area contributed by atoms with Crippen molar-refractivity contribution in [2.75, 3.05) is 0 Å². The molecule has 0 aliphatic heterocycles. The van der Waals surface area contributed by atoms with E-state index in [-0.39, 0.29) is 31.4 Å². The molecule has 0 heterocycles. The van der Waals surface area contributed by atoms with Crippen LogP contribution in [0.5, 0.6) is 5.75 Å². The lowest BCUT2D eigenvalue weighted by Gasteiger charge is -2.26. The zero-order valence-corrected chi connectivity index (χ0v) is 21.9. The van der Waals surface area contributed by atoms with Crippen molar-refractivity contribution in [3.63, 3.8) is 0 Å². The van der Waals surface area contributed by atoms with Gasteiger partial charge in [0.25, 0.3) is 0 Å². The Balaban J connectivity index is 3.05. The van der Waals surface area contributed by atoms with Crippen molar-refractivity contribution >= 4 is 35.6 Å². The number of benzene rings is 1. The van der Waals surface area contributed by atoms with Crippen molar-refractivity contribution in [2.45, 2.75) is 76.5 Å². The number of hydrogen-bond donors (Lipinski definition) is 8. The van der Waals surface area contributed by atoms with Crippen LogP contribution in [0.15, 0.2) is 24.3 Å². The number of carbonyl (C=O) groups is 6. The molecule has 10 N–H and O–H groups in total. The molecule has 4 amide bonds. The number of carbonyl (C=O) groups excluding carboxylic acids is 4. The number of carboxylic acids is 2. The minimum Gasteiger partial charge on any atom is -0.508 e. The third-order valence-corrected chi connectivity index (χ3v) is 6.10. The number of phenols is 1. The third kappa shape index (κ3) is 11.8. The van der Waals surface area contributed by atoms with Crippen LogP contribution in [0, 0.1) is 5.92 Å². The van der Waals surface area contributed by atoms with Gasteiger partial charge in [-0.05, 0) is 42.9 Å². The molecule has 0 bridgehead atoms. The molecule has 1 rings (SSSR count). The molecule has 216 valence electrons. The standard InChI is InChI=1S/C25H37N5O9/c1-3-13(2)21(25(38)39)30-24(37)18(9-11-20(33)34)29-23(36)17(8-10-19(27)32)28-22(35)16(26)12-14-4-6-15(31)7-5-14/h4-7,13,16-18,21,31H,3,8-12,26H2,1-2H3,(H2,27,32)(H,28,35)(H,29,36)(H,30,37)(H,33,34)(H,38,39). The van der Waals surface area contributed by atoms with Crippen molar-refractivity contribution in [1.29, 1.82) is 0 Å². The maximum absolute atomic E-state index is 13.1. The first kappa shape index (κ1) is 32.8. The molecular weight excluding hydrogens is 514 g/mol. The molecule has 5 atom stereocenters. The number of nitrogens with one attached hydrogen (secondary N) is 3. The van der Waals surface area contributed by atoms with E-state index in [4.69, 9.17) is 16.6 Å². The molecule has 0 fully saturated rings. The fraction of sp³-hybridized carbons (Fsp3) is 0.520. The Labute approximate surface area is 225 Å². The molecule has 0 radical (unpaired) electrons. The smallest absolute Gasteiger partial charge is 0.326 e. The lowest BCUT2D eigenvalue weighted by Crippen LogP contribution is -2.58. The zero-order chi connectivity index (χ0) is 29.7. The van der Waals surface area contributed by atoms with Crippen molar-refractivity contribution in [2.24, 2.45) is 17.4 Å². The van der Waals surface area contributed by atoms with Gasteiger partial charge in [-0.1, -0.05) is 32.4 Å². The van der Waals surface area contributed by atoms with Gasteiger partial charge in [-0.3, -0.25) is 24.0 Å². The Kier molecular flexibility index (Phi) is 13.4. The van der Waals surface area contributed by atoms with Crippen LogP contribution in [0.2, 0.25) is 0 Å². The second-order valence-electron chi connectivity index (χ2n) is 9.25. The van der Waals surface area contributed by atoms with Gasteiger partial charge in [-0.15, -0.1) is 0 Å². The molecule has 0 spiro atoms. The summed E-state index contributed by atoms with van der Waals surface area (Å²) in [4.78, 5) is 72.8. The first-order valence-corrected chi connectivity index (χ1v) is 12.4. The number of rotatable bonds is 17. The lowest BCUT2D eigenvalue weighted by atomic mass is 9.98. The highest BCUT2D eigenvalue weighted by Gasteiger charge is 2.32. The van der Waals surface area contributed by atoms with Crippen LogP contribution in [-0.4, -0.2) is 75.1 Å². The molecular formula is C25H37N5O9. The molecule has 1 aromatic carbocycles. The first-order valence-electron chi connectivity index (χ1n) is 12.4. The third-order valence-electron chi connectivity index (χ3n) is 6.10. The summed E-state index contributed by atoms with van der Waals surface area (Å²) in [7, 11) is 0. The largest absolute Gasteiger partial charge is 0.508 e. The van der Waals surface area contributed by atoms with Crippen LogP contribution in [0.25, 0.3) is 0 Å². The predicted molar refractivity (Wildman–Crippen MR) is 138 cm³/mol. The average molecular weight is 552 g/mol. The Hall–Kier alpha value is -4.20. The molecule has 5 unspecified atom stereocenters. The number of nitrogens with two attached hydrogens (primary N) is 2. The SMILES string of the molecule is CCC(C)C(NC(=O)C(CCC(=O)O)NC(=O)C(CCC(N)=O)NC(=O)C(N)Cc1ccc(O)cc1)C(=O)O. The van der Waals surface area contributed by atoms with Crippen LogP contribution in [-0.2, 0) is 35.2 Å². The topological polar surface area (TPSA) is 251 Å². The minimum absolute atomic E-state index is 0.0280. The highest BCUT2D eigenvalue weighted by molar-refractivity contribution is 5.94. The second-order valence-corrected chi connectivity index (χ2v) is 9.25. The summed E-state index contributed by atoms with van der Waals surface area (Å²) < 4.78 is 0. The van der Waals surface area contributed by atoms with Crippen LogP contribution in [0.4, 0.5) is 0 Å². The Bertz CT molecular complexity index is 1030. The number of amides is 4. The molecule has 14 nitrogen and oxygen atoms in total. The second kappa shape index (κ2) is 15.9. The van der Waals surface area contributed by atoms with E-state index in [1.165, 1.54) is 12.1 Å². The molecule has 0 aliphatic carbocycles. The van der Waals surface area contributed by atoms with E-state index in [9.17, 15) is 39.0 Å². The molecule has 0 saturated heterocycles. The van der Waals surface area contributed by atoms with Gasteiger partial charge in [0.05, 0.1) is 6.04 Å². The number of aliphatic carboxylic acids is 2. The van der Waals surface area contributed by atoms with E-state index in [1.54, 1.807) is 26.0 Å². The monoisotopic (exact) mass is 551 g/mol. The van der Waals surface area contributed by atoms with Crippen LogP contribution in [0.1, 0.15) is 51.5 Å². The maximum atomic E-state index is 13.1. The van der Waals surface area contributed by atoms with E-state index < -0.39 is 72.1 Å². The molecule has 0 aromatic heterocycles. The molecule has 39 heavy (non-hydrogen) atoms. The molecule has 0 aliphatic rings. The van der Waals surface area contributed by atoms with E-state index in [0.29, 0.717) is 12.0 Å². The Morgan fingerprint density at radius 3 is 1.85 bits per heavy atom. The number of phenolic OH excluding ortho intramolecular Hbond substituents is 1. The van der Waals surface area contributed by atoms with Gasteiger partial charge in [-0.25, -0.2) is 4.79 Å². The van der Waals surface area contributed by atoms with Crippen LogP contribution < -0.4 is 27.4 Å². The van der Waals surface area contributed by atoms with Gasteiger partial charge in [0.1, 0.15) is 23.9 Å². The zero-order valence-electron chi connectivity index (χ0n) is 21.9. The van der Waals surface area contributed by atoms with E-state index in [0.717, 1.165) is 0 Å². The van der Waals surface area contributed by atoms with Gasteiger partial charge < -0.3 is 42.7 Å². The van der Waals surface area contributed by atoms with Gasteiger partial charge in [0.2, 0.25) is 23.6 Å². The van der Waals surface area contributed by atoms with E-state index in [2.05, 4.69) is 16.0 Å². The molecule has 0 saturated carbocycles. The average Bonchev–Trinajstić information content (AvgIpc) is 2.87. The van der Waals surface area contributed by atoms with Crippen molar-refractivity contribution in [3.05, 3.63) is 29.8 Å². The maximum Gasteiger partial charge on any atom is 0.326 e. The van der Waals surface area contributed by atoms with E-state index in [1.807, 2.05) is 0 Å². The lowest BCUT2D eigenvalue weighted by molar-refractivity contribution is -0.144. The van der Waals surface area contributed by atoms with Crippen molar-refractivity contribution in [1.82, 2.24) is 16.0 Å². The summed E-state index contributed by atoms with van der Waals surface area (Å²) >= 11 is 0. The van der Waals surface area contributed by atoms with Crippen LogP contribution >= 0.6 is 0 Å².